The Hall–Kier alpha value is -1.41. The minimum Gasteiger partial charge on any atom is -0.342 e. The monoisotopic (exact) mass is 223 g/mol. The predicted octanol–water partition coefficient (Wildman–Crippen LogP) is 0.0697. The zero-order valence-corrected chi connectivity index (χ0v) is 9.53. The van der Waals surface area contributed by atoms with Crippen molar-refractivity contribution in [2.75, 3.05) is 19.6 Å². The van der Waals surface area contributed by atoms with Gasteiger partial charge in [-0.25, -0.2) is 0 Å². The molecule has 0 radical (unpaired) electrons. The Bertz CT molecular complexity index is 309. The molecule has 5 nitrogen and oxygen atoms in total. The quantitative estimate of drug-likeness (QED) is 0.669. The zero-order valence-electron chi connectivity index (χ0n) is 9.53. The molecule has 16 heavy (non-hydrogen) atoms. The van der Waals surface area contributed by atoms with Crippen molar-refractivity contribution in [3.8, 4) is 6.07 Å². The van der Waals surface area contributed by atoms with Crippen molar-refractivity contribution in [1.29, 1.82) is 5.26 Å². The fraction of sp³-hybridized carbons (Fsp3) is 0.727. The van der Waals surface area contributed by atoms with Crippen molar-refractivity contribution in [2.24, 2.45) is 0 Å². The molecule has 1 aliphatic rings. The lowest BCUT2D eigenvalue weighted by Gasteiger charge is -2.22. The lowest BCUT2D eigenvalue weighted by Crippen LogP contribution is -2.40. The number of nitrogens with zero attached hydrogens (tertiary/aromatic N) is 2. The molecule has 0 aromatic rings. The number of ketones is 1. The highest BCUT2D eigenvalue weighted by molar-refractivity contribution is 5.79. The molecule has 0 spiro atoms. The van der Waals surface area contributed by atoms with Crippen molar-refractivity contribution in [1.82, 2.24) is 10.2 Å². The van der Waals surface area contributed by atoms with E-state index in [0.717, 1.165) is 19.4 Å². The van der Waals surface area contributed by atoms with E-state index in [0.29, 0.717) is 13.0 Å². The number of Topliss-reactive ketones (excluding diaryl/α,β-unsaturated/α-hetero) is 1. The smallest absolute Gasteiger partial charge is 0.235 e. The fourth-order valence-corrected chi connectivity index (χ4v) is 2.04. The first-order valence-corrected chi connectivity index (χ1v) is 5.50. The zero-order chi connectivity index (χ0) is 12.0. The Morgan fingerprint density at radius 3 is 2.94 bits per heavy atom. The molecule has 1 atom stereocenters. The number of hydrogen-bond acceptors (Lipinski definition) is 4. The van der Waals surface area contributed by atoms with Gasteiger partial charge in [-0.15, -0.1) is 0 Å². The highest BCUT2D eigenvalue weighted by Crippen LogP contribution is 2.19. The van der Waals surface area contributed by atoms with E-state index >= 15 is 0 Å². The van der Waals surface area contributed by atoms with Gasteiger partial charge in [-0.3, -0.25) is 14.5 Å². The van der Waals surface area contributed by atoms with E-state index in [1.165, 1.54) is 0 Å². The molecule has 1 amide bonds. The van der Waals surface area contributed by atoms with E-state index in [1.54, 1.807) is 6.92 Å². The van der Waals surface area contributed by atoms with Crippen molar-refractivity contribution < 1.29 is 9.59 Å². The molecule has 1 saturated heterocycles. The Labute approximate surface area is 95.4 Å². The first kappa shape index (κ1) is 12.7. The minimum atomic E-state index is -0.142. The van der Waals surface area contributed by atoms with Crippen molar-refractivity contribution >= 4 is 11.7 Å². The van der Waals surface area contributed by atoms with Crippen LogP contribution in [-0.2, 0) is 9.59 Å². The van der Waals surface area contributed by atoms with Crippen LogP contribution in [0.2, 0.25) is 0 Å². The summed E-state index contributed by atoms with van der Waals surface area (Å²) in [6.07, 6.45) is 2.53. The lowest BCUT2D eigenvalue weighted by molar-refractivity contribution is -0.123. The van der Waals surface area contributed by atoms with Gasteiger partial charge in [0.1, 0.15) is 12.3 Å². The number of carbonyl (C=O) groups is 2. The minimum absolute atomic E-state index is 0.0457. The topological polar surface area (TPSA) is 73.2 Å². The number of likely N-dealkylation sites (tertiary alicyclic amines) is 1. The molecule has 1 rings (SSSR count). The predicted molar refractivity (Wildman–Crippen MR) is 58.5 cm³/mol. The van der Waals surface area contributed by atoms with Gasteiger partial charge >= 0.3 is 0 Å². The largest absolute Gasteiger partial charge is 0.342 e. The van der Waals surface area contributed by atoms with E-state index in [1.807, 2.05) is 11.0 Å². The third-order valence-electron chi connectivity index (χ3n) is 2.73. The van der Waals surface area contributed by atoms with Crippen LogP contribution in [0.3, 0.4) is 0 Å². The van der Waals surface area contributed by atoms with Crippen LogP contribution in [0, 0.1) is 11.3 Å². The summed E-state index contributed by atoms with van der Waals surface area (Å²) in [6, 6.07) is 2.06. The molecule has 5 heteroatoms. The standard InChI is InChI=1S/C11H17N3O2/c1-9(15)7-10-3-2-6-14(10)8-11(16)13-5-4-12/h10H,2-3,5-8H2,1H3,(H,13,16). The molecular formula is C11H17N3O2. The maximum Gasteiger partial charge on any atom is 0.235 e. The summed E-state index contributed by atoms with van der Waals surface area (Å²) in [5, 5.41) is 10.8. The van der Waals surface area contributed by atoms with Crippen LogP contribution in [0.1, 0.15) is 26.2 Å². The van der Waals surface area contributed by atoms with Gasteiger partial charge in [-0.2, -0.15) is 5.26 Å². The Morgan fingerprint density at radius 2 is 2.31 bits per heavy atom. The van der Waals surface area contributed by atoms with E-state index < -0.39 is 0 Å². The first-order valence-electron chi connectivity index (χ1n) is 5.50. The molecule has 1 fully saturated rings. The number of hydrogen-bond donors (Lipinski definition) is 1. The fourth-order valence-electron chi connectivity index (χ4n) is 2.04. The van der Waals surface area contributed by atoms with Crippen LogP contribution in [0.4, 0.5) is 0 Å². The van der Waals surface area contributed by atoms with Gasteiger partial charge in [-0.05, 0) is 26.3 Å². The maximum atomic E-state index is 11.4. The average Bonchev–Trinajstić information content (AvgIpc) is 2.62. The summed E-state index contributed by atoms with van der Waals surface area (Å²) in [6.45, 7) is 2.77. The Balaban J connectivity index is 2.37. The van der Waals surface area contributed by atoms with E-state index in [2.05, 4.69) is 5.32 Å². The SMILES string of the molecule is CC(=O)CC1CCCN1CC(=O)NCC#N. The van der Waals surface area contributed by atoms with Crippen LogP contribution in [0.15, 0.2) is 0 Å². The molecule has 0 bridgehead atoms. The van der Waals surface area contributed by atoms with Crippen molar-refractivity contribution in [2.45, 2.75) is 32.2 Å². The van der Waals surface area contributed by atoms with Crippen LogP contribution in [-0.4, -0.2) is 42.3 Å². The van der Waals surface area contributed by atoms with E-state index in [4.69, 9.17) is 5.26 Å². The molecule has 0 saturated carbocycles. The molecule has 88 valence electrons. The maximum absolute atomic E-state index is 11.4. The van der Waals surface area contributed by atoms with Crippen molar-refractivity contribution in [3.63, 3.8) is 0 Å². The second-order valence-corrected chi connectivity index (χ2v) is 4.11. The highest BCUT2D eigenvalue weighted by Gasteiger charge is 2.26. The summed E-state index contributed by atoms with van der Waals surface area (Å²) in [4.78, 5) is 24.5. The summed E-state index contributed by atoms with van der Waals surface area (Å²) in [5.74, 6) is 0.0198. The summed E-state index contributed by atoms with van der Waals surface area (Å²) < 4.78 is 0. The van der Waals surface area contributed by atoms with Crippen LogP contribution < -0.4 is 5.32 Å². The molecule has 1 unspecified atom stereocenters. The van der Waals surface area contributed by atoms with Gasteiger partial charge in [0.25, 0.3) is 0 Å². The first-order chi connectivity index (χ1) is 7.63. The third-order valence-corrected chi connectivity index (χ3v) is 2.73. The van der Waals surface area contributed by atoms with E-state index in [9.17, 15) is 9.59 Å². The van der Waals surface area contributed by atoms with Gasteiger partial charge in [-0.1, -0.05) is 0 Å². The van der Waals surface area contributed by atoms with Crippen LogP contribution >= 0.6 is 0 Å². The lowest BCUT2D eigenvalue weighted by atomic mass is 10.1. The average molecular weight is 223 g/mol. The number of nitrogens with one attached hydrogen (secondary N) is 1. The molecule has 0 aromatic carbocycles. The van der Waals surface area contributed by atoms with Gasteiger partial charge < -0.3 is 5.32 Å². The molecular weight excluding hydrogens is 206 g/mol. The third kappa shape index (κ3) is 3.99. The van der Waals surface area contributed by atoms with Crippen molar-refractivity contribution in [3.05, 3.63) is 0 Å². The molecule has 1 aliphatic heterocycles. The van der Waals surface area contributed by atoms with E-state index in [-0.39, 0.29) is 24.3 Å². The van der Waals surface area contributed by atoms with Gasteiger partial charge in [0.2, 0.25) is 5.91 Å². The Kier molecular flexibility index (Phi) is 4.93. The number of amides is 1. The van der Waals surface area contributed by atoms with Gasteiger partial charge in [0.15, 0.2) is 0 Å². The number of nitriles is 1. The second kappa shape index (κ2) is 6.23. The highest BCUT2D eigenvalue weighted by atomic mass is 16.2. The molecule has 1 heterocycles. The van der Waals surface area contributed by atoms with Gasteiger partial charge in [0, 0.05) is 12.5 Å². The molecule has 0 aliphatic carbocycles. The number of rotatable bonds is 5. The summed E-state index contributed by atoms with van der Waals surface area (Å²) in [5.41, 5.74) is 0. The van der Waals surface area contributed by atoms with Crippen LogP contribution in [0.5, 0.6) is 0 Å². The number of carbonyl (C=O) groups excluding carboxylic acids is 2. The summed E-state index contributed by atoms with van der Waals surface area (Å²) in [7, 11) is 0. The normalized spacial score (nSPS) is 20.4. The van der Waals surface area contributed by atoms with Gasteiger partial charge in [0.05, 0.1) is 12.6 Å². The second-order valence-electron chi connectivity index (χ2n) is 4.11. The Morgan fingerprint density at radius 1 is 1.56 bits per heavy atom. The molecule has 0 aromatic heterocycles. The van der Waals surface area contributed by atoms with Crippen LogP contribution in [0.25, 0.3) is 0 Å². The molecule has 1 N–H and O–H groups in total. The summed E-state index contributed by atoms with van der Waals surface area (Å²) >= 11 is 0.